The van der Waals surface area contributed by atoms with Crippen LogP contribution in [0.2, 0.25) is 0 Å². The van der Waals surface area contributed by atoms with Gasteiger partial charge in [-0.1, -0.05) is 0 Å². The van der Waals surface area contributed by atoms with Gasteiger partial charge in [-0.2, -0.15) is 0 Å². The fourth-order valence-electron chi connectivity index (χ4n) is 2.22. The Morgan fingerprint density at radius 2 is 2.21 bits per heavy atom. The molecule has 1 atom stereocenters. The van der Waals surface area contributed by atoms with Gasteiger partial charge >= 0.3 is 0 Å². The number of carbonyl (C=O) groups is 1. The molecule has 0 aromatic carbocycles. The van der Waals surface area contributed by atoms with Crippen molar-refractivity contribution in [2.45, 2.75) is 50.6 Å². The molecule has 0 spiro atoms. The minimum Gasteiger partial charge on any atom is -0.348 e. The summed E-state index contributed by atoms with van der Waals surface area (Å²) in [5.74, 6) is 1.43. The van der Waals surface area contributed by atoms with Crippen LogP contribution in [0.5, 0.6) is 0 Å². The van der Waals surface area contributed by atoms with Gasteiger partial charge in [0, 0.05) is 24.5 Å². The van der Waals surface area contributed by atoms with E-state index in [1.165, 1.54) is 12.8 Å². The Kier molecular flexibility index (Phi) is 3.26. The van der Waals surface area contributed by atoms with E-state index in [0.29, 0.717) is 24.5 Å². The van der Waals surface area contributed by atoms with Crippen LogP contribution in [0.4, 0.5) is 0 Å². The first-order valence-electron chi connectivity index (χ1n) is 7.07. The van der Waals surface area contributed by atoms with E-state index in [1.54, 1.807) is 0 Å². The maximum absolute atomic E-state index is 11.9. The molecule has 104 valence electrons. The molecule has 2 fully saturated rings. The third-order valence-electron chi connectivity index (χ3n) is 4.05. The van der Waals surface area contributed by atoms with Gasteiger partial charge in [0.1, 0.15) is 5.82 Å². The number of aromatic amines is 1. The number of nitrogens with one attached hydrogen (secondary N) is 2. The lowest BCUT2D eigenvalue weighted by Crippen LogP contribution is -2.41. The van der Waals surface area contributed by atoms with Crippen molar-refractivity contribution >= 4 is 5.91 Å². The number of hydrogen-bond donors (Lipinski definition) is 2. The summed E-state index contributed by atoms with van der Waals surface area (Å²) in [6.07, 6.45) is 4.86. The van der Waals surface area contributed by atoms with Crippen molar-refractivity contribution in [3.05, 3.63) is 11.6 Å². The van der Waals surface area contributed by atoms with E-state index in [4.69, 9.17) is 0 Å². The minimum atomic E-state index is -0.181. The van der Waals surface area contributed by atoms with Gasteiger partial charge in [-0.15, -0.1) is 5.10 Å². The van der Waals surface area contributed by atoms with Gasteiger partial charge < -0.3 is 5.32 Å². The fraction of sp³-hybridized carbons (Fsp3) is 0.769. The highest BCUT2D eigenvalue weighted by Gasteiger charge is 2.30. The molecule has 2 saturated carbocycles. The van der Waals surface area contributed by atoms with Crippen LogP contribution in [0.15, 0.2) is 0 Å². The van der Waals surface area contributed by atoms with Crippen molar-refractivity contribution in [1.82, 2.24) is 25.4 Å². The molecule has 0 saturated heterocycles. The first-order valence-corrected chi connectivity index (χ1v) is 7.07. The zero-order chi connectivity index (χ0) is 13.4. The maximum Gasteiger partial charge on any atom is 0.291 e. The molecule has 1 aromatic rings. The highest BCUT2D eigenvalue weighted by Crippen LogP contribution is 2.37. The normalized spacial score (nSPS) is 20.6. The summed E-state index contributed by atoms with van der Waals surface area (Å²) in [6.45, 7) is 2.77. The Balaban J connectivity index is 1.49. The second-order valence-corrected chi connectivity index (χ2v) is 5.77. The summed E-state index contributed by atoms with van der Waals surface area (Å²) >= 11 is 0. The van der Waals surface area contributed by atoms with Crippen LogP contribution < -0.4 is 5.32 Å². The van der Waals surface area contributed by atoms with Gasteiger partial charge in [-0.05, 0) is 39.7 Å². The van der Waals surface area contributed by atoms with Gasteiger partial charge in [0.2, 0.25) is 5.82 Å². The second-order valence-electron chi connectivity index (χ2n) is 5.77. The molecule has 3 rings (SSSR count). The van der Waals surface area contributed by atoms with Crippen LogP contribution in [-0.2, 0) is 0 Å². The van der Waals surface area contributed by atoms with Crippen LogP contribution in [-0.4, -0.2) is 51.7 Å². The smallest absolute Gasteiger partial charge is 0.291 e. The number of amides is 1. The zero-order valence-corrected chi connectivity index (χ0v) is 11.5. The largest absolute Gasteiger partial charge is 0.348 e. The number of likely N-dealkylation sites (N-methyl/N-ethyl adjacent to an activating group) is 1. The van der Waals surface area contributed by atoms with Crippen molar-refractivity contribution in [3.63, 3.8) is 0 Å². The van der Waals surface area contributed by atoms with E-state index >= 15 is 0 Å². The Morgan fingerprint density at radius 1 is 1.47 bits per heavy atom. The van der Waals surface area contributed by atoms with Crippen molar-refractivity contribution < 1.29 is 4.79 Å². The number of carbonyl (C=O) groups excluding carboxylic acids is 1. The molecule has 0 bridgehead atoms. The molecule has 19 heavy (non-hydrogen) atoms. The topological polar surface area (TPSA) is 73.9 Å². The van der Waals surface area contributed by atoms with Crippen molar-refractivity contribution in [3.8, 4) is 0 Å². The van der Waals surface area contributed by atoms with E-state index in [-0.39, 0.29) is 11.7 Å². The molecular formula is C13H21N5O. The van der Waals surface area contributed by atoms with Gasteiger partial charge in [0.15, 0.2) is 0 Å². The summed E-state index contributed by atoms with van der Waals surface area (Å²) in [5.41, 5.74) is 0. The Morgan fingerprint density at radius 3 is 2.84 bits per heavy atom. The number of aromatic nitrogens is 3. The van der Waals surface area contributed by atoms with Gasteiger partial charge in [-0.3, -0.25) is 14.8 Å². The van der Waals surface area contributed by atoms with Crippen LogP contribution in [0.1, 0.15) is 55.0 Å². The van der Waals surface area contributed by atoms with Gasteiger partial charge in [0.05, 0.1) is 0 Å². The number of nitrogens with zero attached hydrogens (tertiary/aromatic N) is 3. The number of H-pyrrole nitrogens is 1. The molecule has 6 nitrogen and oxygen atoms in total. The van der Waals surface area contributed by atoms with Crippen LogP contribution in [0.25, 0.3) is 0 Å². The standard InChI is InChI=1S/C13H21N5O/c1-8(18(2)10-5-6-10)7-14-13(19)12-15-11(16-17-12)9-3-4-9/h8-10H,3-7H2,1-2H3,(H,14,19)(H,15,16,17). The molecule has 2 N–H and O–H groups in total. The first-order chi connectivity index (χ1) is 9.15. The minimum absolute atomic E-state index is 0.181. The van der Waals surface area contributed by atoms with Crippen molar-refractivity contribution in [2.75, 3.05) is 13.6 Å². The Labute approximate surface area is 113 Å². The molecule has 0 radical (unpaired) electrons. The molecular weight excluding hydrogens is 242 g/mol. The summed E-state index contributed by atoms with van der Waals surface area (Å²) in [4.78, 5) is 18.5. The van der Waals surface area contributed by atoms with Crippen molar-refractivity contribution in [1.29, 1.82) is 0 Å². The van der Waals surface area contributed by atoms with E-state index < -0.39 is 0 Å². The van der Waals surface area contributed by atoms with Gasteiger partial charge in [0.25, 0.3) is 5.91 Å². The van der Waals surface area contributed by atoms with E-state index in [0.717, 1.165) is 18.7 Å². The Hall–Kier alpha value is -1.43. The van der Waals surface area contributed by atoms with E-state index in [9.17, 15) is 4.79 Å². The average Bonchev–Trinajstić information content (AvgIpc) is 3.33. The molecule has 1 unspecified atom stereocenters. The summed E-state index contributed by atoms with van der Waals surface area (Å²) in [6, 6.07) is 1.05. The molecule has 1 amide bonds. The van der Waals surface area contributed by atoms with Crippen LogP contribution in [0, 0.1) is 0 Å². The highest BCUT2D eigenvalue weighted by atomic mass is 16.2. The molecule has 6 heteroatoms. The monoisotopic (exact) mass is 263 g/mol. The third-order valence-corrected chi connectivity index (χ3v) is 4.05. The zero-order valence-electron chi connectivity index (χ0n) is 11.5. The third kappa shape index (κ3) is 2.94. The predicted octanol–water partition coefficient (Wildman–Crippen LogP) is 0.895. The highest BCUT2D eigenvalue weighted by molar-refractivity contribution is 5.90. The lowest BCUT2D eigenvalue weighted by molar-refractivity contribution is 0.0929. The summed E-state index contributed by atoms with van der Waals surface area (Å²) in [5, 5.41) is 9.75. The molecule has 2 aliphatic carbocycles. The van der Waals surface area contributed by atoms with Crippen LogP contribution in [0.3, 0.4) is 0 Å². The average molecular weight is 263 g/mol. The van der Waals surface area contributed by atoms with Crippen molar-refractivity contribution in [2.24, 2.45) is 0 Å². The SMILES string of the molecule is CC(CNC(=O)c1n[nH]c(C2CC2)n1)N(C)C1CC1. The fourth-order valence-corrected chi connectivity index (χ4v) is 2.22. The van der Waals surface area contributed by atoms with Crippen LogP contribution >= 0.6 is 0 Å². The van der Waals surface area contributed by atoms with E-state index in [1.807, 2.05) is 0 Å². The lowest BCUT2D eigenvalue weighted by atomic mass is 10.3. The van der Waals surface area contributed by atoms with Gasteiger partial charge in [-0.25, -0.2) is 4.98 Å². The Bertz CT molecular complexity index is 463. The summed E-state index contributed by atoms with van der Waals surface area (Å²) in [7, 11) is 2.12. The first kappa shape index (κ1) is 12.6. The number of hydrogen-bond acceptors (Lipinski definition) is 4. The van der Waals surface area contributed by atoms with E-state index in [2.05, 4.69) is 39.4 Å². The molecule has 0 aliphatic heterocycles. The number of rotatable bonds is 6. The second kappa shape index (κ2) is 4.92. The summed E-state index contributed by atoms with van der Waals surface area (Å²) < 4.78 is 0. The molecule has 1 aromatic heterocycles. The lowest BCUT2D eigenvalue weighted by Gasteiger charge is -2.24. The predicted molar refractivity (Wildman–Crippen MR) is 70.9 cm³/mol. The maximum atomic E-state index is 11.9. The molecule has 2 aliphatic rings. The quantitative estimate of drug-likeness (QED) is 0.799. The molecule has 1 heterocycles.